The highest BCUT2D eigenvalue weighted by molar-refractivity contribution is 5.82. The van der Waals surface area contributed by atoms with Gasteiger partial charge in [0.25, 0.3) is 0 Å². The number of amides is 3. The topological polar surface area (TPSA) is 79.4 Å². The molecule has 3 aromatic rings. The van der Waals surface area contributed by atoms with Crippen molar-refractivity contribution in [1.29, 1.82) is 0 Å². The first-order valence-electron chi connectivity index (χ1n) is 14.6. The minimum absolute atomic E-state index is 0.0131. The maximum Gasteiger partial charge on any atom is 0.416 e. The molecule has 1 saturated heterocycles. The largest absolute Gasteiger partial charge is 0.497 e. The van der Waals surface area contributed by atoms with Crippen LogP contribution in [0.1, 0.15) is 34.7 Å². The van der Waals surface area contributed by atoms with E-state index in [-0.39, 0.29) is 44.1 Å². The van der Waals surface area contributed by atoms with E-state index in [0.717, 1.165) is 16.0 Å². The van der Waals surface area contributed by atoms with E-state index in [1.54, 1.807) is 24.3 Å². The van der Waals surface area contributed by atoms with Gasteiger partial charge in [0.15, 0.2) is 0 Å². The van der Waals surface area contributed by atoms with Gasteiger partial charge < -0.3 is 19.3 Å². The van der Waals surface area contributed by atoms with E-state index < -0.39 is 47.9 Å². The Morgan fingerprint density at radius 2 is 1.55 bits per heavy atom. The second kappa shape index (κ2) is 14.8. The quantitative estimate of drug-likeness (QED) is 0.176. The summed E-state index contributed by atoms with van der Waals surface area (Å²) >= 11 is 0. The number of halogens is 6. The molecule has 1 aliphatic rings. The third kappa shape index (κ3) is 9.39. The second-order valence-electron chi connectivity index (χ2n) is 11.3. The van der Waals surface area contributed by atoms with Crippen LogP contribution in [0, 0.1) is 5.92 Å². The van der Waals surface area contributed by atoms with E-state index in [1.165, 1.54) is 16.9 Å². The lowest BCUT2D eigenvalue weighted by molar-refractivity contribution is -0.149. The van der Waals surface area contributed by atoms with Gasteiger partial charge in [0, 0.05) is 13.1 Å². The van der Waals surface area contributed by atoms with Crippen molar-refractivity contribution in [1.82, 2.24) is 14.7 Å². The molecule has 4 rings (SSSR count). The van der Waals surface area contributed by atoms with E-state index in [1.807, 2.05) is 37.3 Å². The van der Waals surface area contributed by atoms with E-state index in [2.05, 4.69) is 0 Å². The summed E-state index contributed by atoms with van der Waals surface area (Å²) in [5, 5.41) is 0. The van der Waals surface area contributed by atoms with Crippen molar-refractivity contribution in [2.45, 2.75) is 45.0 Å². The molecule has 0 radical (unpaired) electrons. The number of piperazine rings is 1. The molecule has 0 bridgehead atoms. The van der Waals surface area contributed by atoms with Gasteiger partial charge in [-0.15, -0.1) is 0 Å². The Hall–Kier alpha value is -4.75. The van der Waals surface area contributed by atoms with Gasteiger partial charge in [-0.05, 0) is 59.4 Å². The van der Waals surface area contributed by atoms with Crippen LogP contribution in [0.15, 0.2) is 72.8 Å². The Balaban J connectivity index is 1.61. The first-order chi connectivity index (χ1) is 22.2. The molecule has 1 fully saturated rings. The summed E-state index contributed by atoms with van der Waals surface area (Å²) in [6.07, 6.45) is -11.4. The van der Waals surface area contributed by atoms with Gasteiger partial charge in [-0.25, -0.2) is 4.79 Å². The lowest BCUT2D eigenvalue weighted by Crippen LogP contribution is -2.63. The third-order valence-corrected chi connectivity index (χ3v) is 7.64. The molecule has 3 aromatic carbocycles. The fourth-order valence-electron chi connectivity index (χ4n) is 5.32. The van der Waals surface area contributed by atoms with Crippen LogP contribution < -0.4 is 4.74 Å². The van der Waals surface area contributed by atoms with Crippen LogP contribution >= 0.6 is 0 Å². The van der Waals surface area contributed by atoms with Gasteiger partial charge in [0.2, 0.25) is 12.3 Å². The van der Waals surface area contributed by atoms with Crippen molar-refractivity contribution in [3.05, 3.63) is 101 Å². The van der Waals surface area contributed by atoms with Crippen molar-refractivity contribution in [3.63, 3.8) is 0 Å². The fourth-order valence-corrected chi connectivity index (χ4v) is 5.32. The van der Waals surface area contributed by atoms with E-state index in [4.69, 9.17) is 9.47 Å². The highest BCUT2D eigenvalue weighted by atomic mass is 19.4. The standard InChI is InChI=1S/C33H33F6N3O5/c1-22(12-23-8-10-28(46-2)11-9-23)16-42(29-18-40(30(44)19-41(29)21-43)17-24-6-4-3-5-7-24)31(45)47-20-25-13-26(32(34,35)36)15-27(14-25)33(37,38)39/h3-11,13-15,21-22,29H,12,16-20H2,1-2H3. The average Bonchev–Trinajstić information content (AvgIpc) is 3.03. The van der Waals surface area contributed by atoms with Crippen molar-refractivity contribution in [2.24, 2.45) is 5.92 Å². The Labute approximate surface area is 267 Å². The molecule has 3 amide bonds. The summed E-state index contributed by atoms with van der Waals surface area (Å²) < 4.78 is 91.0. The zero-order chi connectivity index (χ0) is 34.4. The zero-order valence-corrected chi connectivity index (χ0v) is 25.6. The maximum atomic E-state index is 13.7. The molecule has 0 spiro atoms. The van der Waals surface area contributed by atoms with Crippen molar-refractivity contribution in [3.8, 4) is 5.75 Å². The number of hydrogen-bond donors (Lipinski definition) is 0. The highest BCUT2D eigenvalue weighted by Gasteiger charge is 2.39. The monoisotopic (exact) mass is 665 g/mol. The normalized spacial score (nSPS) is 16.1. The summed E-state index contributed by atoms with van der Waals surface area (Å²) in [4.78, 5) is 42.5. The Bertz CT molecular complexity index is 1500. The number of rotatable bonds is 11. The first kappa shape index (κ1) is 35.1. The molecule has 1 heterocycles. The SMILES string of the molecule is COc1ccc(CC(C)CN(C(=O)OCc2cc(C(F)(F)F)cc(C(F)(F)F)c2)C2CN(Cc3ccccc3)C(=O)CN2C=O)cc1. The highest BCUT2D eigenvalue weighted by Crippen LogP contribution is 2.36. The molecular weight excluding hydrogens is 632 g/mol. The van der Waals surface area contributed by atoms with Gasteiger partial charge in [-0.1, -0.05) is 49.4 Å². The summed E-state index contributed by atoms with van der Waals surface area (Å²) in [5.74, 6) is -0.00243. The molecule has 0 aliphatic carbocycles. The molecule has 0 saturated carbocycles. The molecule has 2 unspecified atom stereocenters. The van der Waals surface area contributed by atoms with Crippen LogP contribution in [0.2, 0.25) is 0 Å². The van der Waals surface area contributed by atoms with Gasteiger partial charge in [-0.3, -0.25) is 14.5 Å². The van der Waals surface area contributed by atoms with Gasteiger partial charge in [0.1, 0.15) is 25.1 Å². The lowest BCUT2D eigenvalue weighted by Gasteiger charge is -2.44. The molecule has 252 valence electrons. The Kier molecular flexibility index (Phi) is 11.0. The van der Waals surface area contributed by atoms with E-state index in [0.29, 0.717) is 30.7 Å². The number of carbonyl (C=O) groups excluding carboxylic acids is 3. The molecule has 0 aromatic heterocycles. The molecule has 0 N–H and O–H groups in total. The predicted molar refractivity (Wildman–Crippen MR) is 158 cm³/mol. The molecule has 14 heteroatoms. The number of nitrogens with zero attached hydrogens (tertiary/aromatic N) is 3. The molecule has 8 nitrogen and oxygen atoms in total. The number of methoxy groups -OCH3 is 1. The zero-order valence-electron chi connectivity index (χ0n) is 25.6. The van der Waals surface area contributed by atoms with Crippen LogP contribution in [0.4, 0.5) is 31.1 Å². The fraction of sp³-hybridized carbons (Fsp3) is 0.364. The molecular formula is C33H33F6N3O5. The van der Waals surface area contributed by atoms with Crippen LogP contribution in [0.5, 0.6) is 5.75 Å². The third-order valence-electron chi connectivity index (χ3n) is 7.64. The minimum atomic E-state index is -5.08. The summed E-state index contributed by atoms with van der Waals surface area (Å²) in [6, 6.07) is 17.2. The summed E-state index contributed by atoms with van der Waals surface area (Å²) in [6.45, 7) is 0.601. The summed E-state index contributed by atoms with van der Waals surface area (Å²) in [7, 11) is 1.53. The Morgan fingerprint density at radius 3 is 2.11 bits per heavy atom. The summed E-state index contributed by atoms with van der Waals surface area (Å²) in [5.41, 5.74) is -1.92. The van der Waals surface area contributed by atoms with Crippen molar-refractivity contribution in [2.75, 3.05) is 26.7 Å². The number of hydrogen-bond acceptors (Lipinski definition) is 5. The number of benzene rings is 3. The van der Waals surface area contributed by atoms with Crippen LogP contribution in [-0.2, 0) is 46.3 Å². The number of carbonyl (C=O) groups is 3. The van der Waals surface area contributed by atoms with Gasteiger partial charge >= 0.3 is 18.4 Å². The predicted octanol–water partition coefficient (Wildman–Crippen LogP) is 6.38. The lowest BCUT2D eigenvalue weighted by atomic mass is 10.00. The second-order valence-corrected chi connectivity index (χ2v) is 11.3. The molecule has 47 heavy (non-hydrogen) atoms. The van der Waals surface area contributed by atoms with Crippen molar-refractivity contribution >= 4 is 18.4 Å². The number of alkyl halides is 6. The maximum absolute atomic E-state index is 13.7. The van der Waals surface area contributed by atoms with Gasteiger partial charge in [-0.2, -0.15) is 26.3 Å². The Morgan fingerprint density at radius 1 is 0.936 bits per heavy atom. The average molecular weight is 666 g/mol. The van der Waals surface area contributed by atoms with Gasteiger partial charge in [0.05, 0.1) is 24.8 Å². The molecule has 1 aliphatic heterocycles. The van der Waals surface area contributed by atoms with Crippen LogP contribution in [0.25, 0.3) is 0 Å². The molecule has 2 atom stereocenters. The smallest absolute Gasteiger partial charge is 0.416 e. The van der Waals surface area contributed by atoms with Crippen LogP contribution in [-0.4, -0.2) is 66.0 Å². The first-order valence-corrected chi connectivity index (χ1v) is 14.6. The van der Waals surface area contributed by atoms with Crippen molar-refractivity contribution < 1.29 is 50.2 Å². The number of ether oxygens (including phenoxy) is 2. The van der Waals surface area contributed by atoms with E-state index in [9.17, 15) is 40.7 Å². The van der Waals surface area contributed by atoms with Crippen LogP contribution in [0.3, 0.4) is 0 Å². The minimum Gasteiger partial charge on any atom is -0.497 e. The van der Waals surface area contributed by atoms with E-state index >= 15 is 0 Å².